The molecule has 1 aliphatic rings. The summed E-state index contributed by atoms with van der Waals surface area (Å²) in [6.45, 7) is 0.574. The maximum Gasteiger partial charge on any atom is 0.330 e. The fraction of sp³-hybridized carbons (Fsp3) is 0.357. The van der Waals surface area contributed by atoms with E-state index in [2.05, 4.69) is 10.6 Å². The lowest BCUT2D eigenvalue weighted by Crippen LogP contribution is -2.47. The molecule has 0 saturated carbocycles. The van der Waals surface area contributed by atoms with Gasteiger partial charge in [-0.3, -0.25) is 4.79 Å². The third kappa shape index (κ3) is 3.50. The molecule has 0 bridgehead atoms. The molecule has 1 aromatic rings. The van der Waals surface area contributed by atoms with Crippen molar-refractivity contribution in [3.8, 4) is 0 Å². The molecule has 21 heavy (non-hydrogen) atoms. The number of carboxylic acids is 1. The van der Waals surface area contributed by atoms with Gasteiger partial charge in [-0.2, -0.15) is 0 Å². The first kappa shape index (κ1) is 14.8. The number of amides is 3. The van der Waals surface area contributed by atoms with Gasteiger partial charge in [0, 0.05) is 13.6 Å². The Bertz CT molecular complexity index is 546. The van der Waals surface area contributed by atoms with E-state index in [1.54, 1.807) is 37.4 Å². The van der Waals surface area contributed by atoms with Crippen LogP contribution in [0.5, 0.6) is 0 Å². The molecule has 7 nitrogen and oxygen atoms in total. The average Bonchev–Trinajstić information content (AvgIpc) is 2.77. The van der Waals surface area contributed by atoms with Crippen molar-refractivity contribution < 1.29 is 19.5 Å². The maximum atomic E-state index is 11.9. The topological polar surface area (TPSA) is 98.7 Å². The summed E-state index contributed by atoms with van der Waals surface area (Å²) in [5.74, 6) is -1.33. The summed E-state index contributed by atoms with van der Waals surface area (Å²) in [6.07, 6.45) is 0.520. The van der Waals surface area contributed by atoms with Crippen molar-refractivity contribution in [1.29, 1.82) is 0 Å². The summed E-state index contributed by atoms with van der Waals surface area (Å²) < 4.78 is 0. The highest BCUT2D eigenvalue weighted by Gasteiger charge is 2.31. The summed E-state index contributed by atoms with van der Waals surface area (Å²) in [4.78, 5) is 36.4. The van der Waals surface area contributed by atoms with E-state index < -0.39 is 24.1 Å². The Morgan fingerprint density at radius 3 is 2.52 bits per heavy atom. The molecular weight excluding hydrogens is 274 g/mol. The van der Waals surface area contributed by atoms with Crippen LogP contribution >= 0.6 is 0 Å². The Balaban J connectivity index is 2.00. The predicted octanol–water partition coefficient (Wildman–Crippen LogP) is 0.342. The van der Waals surface area contributed by atoms with E-state index in [4.69, 9.17) is 0 Å². The fourth-order valence-corrected chi connectivity index (χ4v) is 2.22. The Morgan fingerprint density at radius 1 is 1.33 bits per heavy atom. The third-order valence-corrected chi connectivity index (χ3v) is 3.39. The van der Waals surface area contributed by atoms with E-state index in [9.17, 15) is 19.5 Å². The molecule has 3 N–H and O–H groups in total. The molecule has 1 saturated heterocycles. The zero-order valence-corrected chi connectivity index (χ0v) is 11.6. The summed E-state index contributed by atoms with van der Waals surface area (Å²) in [5.41, 5.74) is 0.468. The summed E-state index contributed by atoms with van der Waals surface area (Å²) in [7, 11) is 1.66. The largest absolute Gasteiger partial charge is 0.479 e. The van der Waals surface area contributed by atoms with Crippen LogP contribution in [0, 0.1) is 0 Å². The zero-order valence-electron chi connectivity index (χ0n) is 11.6. The highest BCUT2D eigenvalue weighted by molar-refractivity contribution is 5.90. The van der Waals surface area contributed by atoms with Crippen LogP contribution in [0.3, 0.4) is 0 Å². The maximum absolute atomic E-state index is 11.9. The molecule has 0 radical (unpaired) electrons. The first-order chi connectivity index (χ1) is 9.99. The van der Waals surface area contributed by atoms with Gasteiger partial charge in [0.25, 0.3) is 0 Å². The third-order valence-electron chi connectivity index (χ3n) is 3.39. The van der Waals surface area contributed by atoms with Crippen molar-refractivity contribution in [2.24, 2.45) is 0 Å². The minimum absolute atomic E-state index is 0.170. The number of likely N-dealkylation sites (N-methyl/N-ethyl adjacent to an activating group) is 1. The van der Waals surface area contributed by atoms with Gasteiger partial charge in [-0.05, 0) is 12.0 Å². The van der Waals surface area contributed by atoms with E-state index in [1.165, 1.54) is 4.90 Å². The lowest BCUT2D eigenvalue weighted by Gasteiger charge is -2.17. The molecule has 1 aromatic carbocycles. The molecule has 112 valence electrons. The van der Waals surface area contributed by atoms with Crippen molar-refractivity contribution in [3.63, 3.8) is 0 Å². The molecule has 1 aliphatic heterocycles. The molecular formula is C14H17N3O4. The lowest BCUT2D eigenvalue weighted by molar-refractivity contribution is -0.139. The van der Waals surface area contributed by atoms with Gasteiger partial charge in [0.1, 0.15) is 6.04 Å². The number of carboxylic acid groups (broad SMARTS) is 1. The number of nitrogens with zero attached hydrogens (tertiary/aromatic N) is 1. The number of rotatable bonds is 4. The Labute approximate surface area is 121 Å². The van der Waals surface area contributed by atoms with Gasteiger partial charge in [0.05, 0.1) is 0 Å². The number of hydrogen-bond acceptors (Lipinski definition) is 3. The van der Waals surface area contributed by atoms with E-state index in [0.717, 1.165) is 0 Å². The monoisotopic (exact) mass is 291 g/mol. The molecule has 0 aliphatic carbocycles. The van der Waals surface area contributed by atoms with Crippen LogP contribution in [0.4, 0.5) is 4.79 Å². The lowest BCUT2D eigenvalue weighted by atomic mass is 10.1. The van der Waals surface area contributed by atoms with Crippen molar-refractivity contribution in [1.82, 2.24) is 15.5 Å². The van der Waals surface area contributed by atoms with Crippen molar-refractivity contribution >= 4 is 17.9 Å². The van der Waals surface area contributed by atoms with Gasteiger partial charge in [-0.25, -0.2) is 9.59 Å². The van der Waals surface area contributed by atoms with Crippen molar-refractivity contribution in [2.45, 2.75) is 18.5 Å². The minimum Gasteiger partial charge on any atom is -0.479 e. The van der Waals surface area contributed by atoms with Crippen LogP contribution in [-0.4, -0.2) is 47.5 Å². The fourth-order valence-electron chi connectivity index (χ4n) is 2.22. The number of carbonyl (C=O) groups is 3. The number of carbonyl (C=O) groups excluding carboxylic acids is 2. The standard InChI is InChI=1S/C14H17N3O4/c1-17-8-7-10(12(17)18)15-14(21)16-11(13(19)20)9-5-3-2-4-6-9/h2-6,10-11H,7-8H2,1H3,(H,19,20)(H2,15,16,21). The first-order valence-corrected chi connectivity index (χ1v) is 6.59. The second kappa shape index (κ2) is 6.25. The van der Waals surface area contributed by atoms with Crippen LogP contribution < -0.4 is 10.6 Å². The van der Waals surface area contributed by atoms with Gasteiger partial charge in [-0.1, -0.05) is 30.3 Å². The van der Waals surface area contributed by atoms with Crippen molar-refractivity contribution in [3.05, 3.63) is 35.9 Å². The van der Waals surface area contributed by atoms with Gasteiger partial charge >= 0.3 is 12.0 Å². The molecule has 2 atom stereocenters. The van der Waals surface area contributed by atoms with E-state index in [0.29, 0.717) is 18.5 Å². The molecule has 7 heteroatoms. The average molecular weight is 291 g/mol. The smallest absolute Gasteiger partial charge is 0.330 e. The van der Waals surface area contributed by atoms with E-state index >= 15 is 0 Å². The number of hydrogen-bond donors (Lipinski definition) is 3. The Kier molecular flexibility index (Phi) is 4.42. The molecule has 0 spiro atoms. The number of likely N-dealkylation sites (tertiary alicyclic amines) is 1. The van der Waals surface area contributed by atoms with Gasteiger partial charge < -0.3 is 20.6 Å². The number of benzene rings is 1. The van der Waals surface area contributed by atoms with Gasteiger partial charge in [0.2, 0.25) is 5.91 Å². The Morgan fingerprint density at radius 2 is 2.00 bits per heavy atom. The molecule has 0 aromatic heterocycles. The van der Waals surface area contributed by atoms with E-state index in [-0.39, 0.29) is 5.91 Å². The van der Waals surface area contributed by atoms with Gasteiger partial charge in [-0.15, -0.1) is 0 Å². The summed E-state index contributed by atoms with van der Waals surface area (Å²) >= 11 is 0. The highest BCUT2D eigenvalue weighted by Crippen LogP contribution is 2.13. The molecule has 3 amide bonds. The van der Waals surface area contributed by atoms with E-state index in [1.807, 2.05) is 0 Å². The Hall–Kier alpha value is -2.57. The first-order valence-electron chi connectivity index (χ1n) is 6.59. The highest BCUT2D eigenvalue weighted by atomic mass is 16.4. The number of urea groups is 1. The van der Waals surface area contributed by atoms with Crippen molar-refractivity contribution in [2.75, 3.05) is 13.6 Å². The van der Waals surface area contributed by atoms with Crippen LogP contribution in [0.2, 0.25) is 0 Å². The summed E-state index contributed by atoms with van der Waals surface area (Å²) in [5, 5.41) is 14.1. The molecule has 1 heterocycles. The molecule has 2 unspecified atom stereocenters. The quantitative estimate of drug-likeness (QED) is 0.745. The van der Waals surface area contributed by atoms with Crippen LogP contribution in [0.25, 0.3) is 0 Å². The molecule has 1 fully saturated rings. The van der Waals surface area contributed by atoms with Gasteiger partial charge in [0.15, 0.2) is 6.04 Å². The predicted molar refractivity (Wildman–Crippen MR) is 74.5 cm³/mol. The number of aliphatic carboxylic acids is 1. The summed E-state index contributed by atoms with van der Waals surface area (Å²) in [6, 6.07) is 5.97. The van der Waals surface area contributed by atoms with Crippen LogP contribution in [0.1, 0.15) is 18.0 Å². The molecule has 2 rings (SSSR count). The van der Waals surface area contributed by atoms with Crippen LogP contribution in [-0.2, 0) is 9.59 Å². The normalized spacial score (nSPS) is 19.2. The second-order valence-electron chi connectivity index (χ2n) is 4.90. The minimum atomic E-state index is -1.16. The number of nitrogens with one attached hydrogen (secondary N) is 2. The van der Waals surface area contributed by atoms with Crippen LogP contribution in [0.15, 0.2) is 30.3 Å². The second-order valence-corrected chi connectivity index (χ2v) is 4.90. The SMILES string of the molecule is CN1CCC(NC(=O)NC(C(=O)O)c2ccccc2)C1=O. The zero-order chi connectivity index (χ0) is 15.4.